The molecule has 0 spiro atoms. The lowest BCUT2D eigenvalue weighted by molar-refractivity contribution is 0.0790. The zero-order valence-corrected chi connectivity index (χ0v) is 9.80. The summed E-state index contributed by atoms with van der Waals surface area (Å²) in [7, 11) is 0. The predicted octanol–water partition coefficient (Wildman–Crippen LogP) is 1.35. The molecule has 1 amide bonds. The highest BCUT2D eigenvalue weighted by atomic mass is 16.2. The first kappa shape index (κ1) is 13.1. The second kappa shape index (κ2) is 6.60. The fraction of sp³-hybridized carbons (Fsp3) is 0.231. The standard InChI is InChI=1S/C13H17N3O/c1-3-7-16(8-4-2)13(17)11-5-6-15-12(9-11)10-14/h3-6,9H,1-2,7-8,10,14H2. The summed E-state index contributed by atoms with van der Waals surface area (Å²) in [6.07, 6.45) is 4.97. The number of nitrogens with two attached hydrogens (primary N) is 1. The maximum Gasteiger partial charge on any atom is 0.254 e. The van der Waals surface area contributed by atoms with Gasteiger partial charge in [-0.05, 0) is 12.1 Å². The first-order chi connectivity index (χ1) is 8.22. The van der Waals surface area contributed by atoms with E-state index in [0.29, 0.717) is 30.9 Å². The molecule has 90 valence electrons. The highest BCUT2D eigenvalue weighted by Crippen LogP contribution is 2.06. The molecule has 0 saturated carbocycles. The minimum atomic E-state index is -0.0677. The van der Waals surface area contributed by atoms with Gasteiger partial charge in [0.25, 0.3) is 5.91 Å². The van der Waals surface area contributed by atoms with Crippen LogP contribution in [0.4, 0.5) is 0 Å². The molecule has 2 N–H and O–H groups in total. The third kappa shape index (κ3) is 3.53. The second-order valence-corrected chi connectivity index (χ2v) is 3.53. The van der Waals surface area contributed by atoms with Crippen LogP contribution in [0.5, 0.6) is 0 Å². The van der Waals surface area contributed by atoms with Gasteiger partial charge in [0.15, 0.2) is 0 Å². The number of hydrogen-bond donors (Lipinski definition) is 1. The Balaban J connectivity index is 2.91. The van der Waals surface area contributed by atoms with Gasteiger partial charge in [0.2, 0.25) is 0 Å². The monoisotopic (exact) mass is 231 g/mol. The topological polar surface area (TPSA) is 59.2 Å². The minimum absolute atomic E-state index is 0.0677. The molecule has 0 aliphatic heterocycles. The van der Waals surface area contributed by atoms with Gasteiger partial charge < -0.3 is 10.6 Å². The zero-order valence-electron chi connectivity index (χ0n) is 9.80. The summed E-state index contributed by atoms with van der Waals surface area (Å²) < 4.78 is 0. The van der Waals surface area contributed by atoms with Crippen LogP contribution in [0.15, 0.2) is 43.6 Å². The van der Waals surface area contributed by atoms with E-state index in [1.165, 1.54) is 0 Å². The molecule has 4 nitrogen and oxygen atoms in total. The SMILES string of the molecule is C=CCN(CC=C)C(=O)c1ccnc(CN)c1. The minimum Gasteiger partial charge on any atom is -0.331 e. The molecule has 0 fully saturated rings. The van der Waals surface area contributed by atoms with Crippen molar-refractivity contribution >= 4 is 5.91 Å². The predicted molar refractivity (Wildman–Crippen MR) is 68.4 cm³/mol. The Morgan fingerprint density at radius 2 is 2.06 bits per heavy atom. The van der Waals surface area contributed by atoms with E-state index >= 15 is 0 Å². The van der Waals surface area contributed by atoms with Crippen molar-refractivity contribution in [2.75, 3.05) is 13.1 Å². The van der Waals surface area contributed by atoms with Gasteiger partial charge in [0.1, 0.15) is 0 Å². The maximum absolute atomic E-state index is 12.2. The lowest BCUT2D eigenvalue weighted by Gasteiger charge is -2.19. The molecule has 0 bridgehead atoms. The van der Waals surface area contributed by atoms with Crippen molar-refractivity contribution in [3.63, 3.8) is 0 Å². The van der Waals surface area contributed by atoms with Crippen LogP contribution in [0.2, 0.25) is 0 Å². The molecule has 1 rings (SSSR count). The normalized spacial score (nSPS) is 9.71. The Hall–Kier alpha value is -1.94. The van der Waals surface area contributed by atoms with Crippen molar-refractivity contribution in [2.45, 2.75) is 6.54 Å². The Kier molecular flexibility index (Phi) is 5.10. The fourth-order valence-corrected chi connectivity index (χ4v) is 1.46. The molecule has 0 saturated heterocycles. The largest absolute Gasteiger partial charge is 0.331 e. The van der Waals surface area contributed by atoms with Crippen molar-refractivity contribution < 1.29 is 4.79 Å². The van der Waals surface area contributed by atoms with E-state index in [-0.39, 0.29) is 5.91 Å². The van der Waals surface area contributed by atoms with Gasteiger partial charge >= 0.3 is 0 Å². The van der Waals surface area contributed by atoms with Gasteiger partial charge in [-0.2, -0.15) is 0 Å². The maximum atomic E-state index is 12.2. The van der Waals surface area contributed by atoms with Gasteiger partial charge in [-0.1, -0.05) is 12.2 Å². The molecule has 17 heavy (non-hydrogen) atoms. The lowest BCUT2D eigenvalue weighted by Crippen LogP contribution is -2.31. The van der Waals surface area contributed by atoms with Crippen LogP contribution in [-0.2, 0) is 6.54 Å². The molecular weight excluding hydrogens is 214 g/mol. The average molecular weight is 231 g/mol. The van der Waals surface area contributed by atoms with Gasteiger partial charge in [0.05, 0.1) is 5.69 Å². The molecule has 0 aromatic carbocycles. The van der Waals surface area contributed by atoms with Gasteiger partial charge in [-0.3, -0.25) is 9.78 Å². The summed E-state index contributed by atoms with van der Waals surface area (Å²) in [5.74, 6) is -0.0677. The molecule has 1 aromatic heterocycles. The summed E-state index contributed by atoms with van der Waals surface area (Å²) >= 11 is 0. The Labute approximate surface area is 101 Å². The molecule has 0 radical (unpaired) electrons. The van der Waals surface area contributed by atoms with Crippen molar-refractivity contribution in [1.82, 2.24) is 9.88 Å². The highest BCUT2D eigenvalue weighted by Gasteiger charge is 2.13. The molecule has 4 heteroatoms. The lowest BCUT2D eigenvalue weighted by atomic mass is 10.2. The first-order valence-electron chi connectivity index (χ1n) is 5.39. The number of pyridine rings is 1. The number of amides is 1. The third-order valence-corrected chi connectivity index (χ3v) is 2.26. The quantitative estimate of drug-likeness (QED) is 0.752. The Morgan fingerprint density at radius 3 is 2.59 bits per heavy atom. The van der Waals surface area contributed by atoms with E-state index in [4.69, 9.17) is 5.73 Å². The summed E-state index contributed by atoms with van der Waals surface area (Å²) in [5.41, 5.74) is 6.78. The smallest absolute Gasteiger partial charge is 0.254 e. The molecule has 1 heterocycles. The van der Waals surface area contributed by atoms with E-state index in [2.05, 4.69) is 18.1 Å². The molecular formula is C13H17N3O. The van der Waals surface area contributed by atoms with Crippen LogP contribution in [0.3, 0.4) is 0 Å². The van der Waals surface area contributed by atoms with Crippen molar-refractivity contribution in [1.29, 1.82) is 0 Å². The number of rotatable bonds is 6. The average Bonchev–Trinajstić information content (AvgIpc) is 2.38. The van der Waals surface area contributed by atoms with E-state index in [1.807, 2.05) is 0 Å². The van der Waals surface area contributed by atoms with Crippen LogP contribution in [0.1, 0.15) is 16.1 Å². The first-order valence-corrected chi connectivity index (χ1v) is 5.39. The summed E-state index contributed by atoms with van der Waals surface area (Å²) in [4.78, 5) is 17.9. The third-order valence-electron chi connectivity index (χ3n) is 2.26. The van der Waals surface area contributed by atoms with E-state index in [9.17, 15) is 4.79 Å². The summed E-state index contributed by atoms with van der Waals surface area (Å²) in [6, 6.07) is 3.39. The van der Waals surface area contributed by atoms with E-state index < -0.39 is 0 Å². The zero-order chi connectivity index (χ0) is 12.7. The number of nitrogens with zero attached hydrogens (tertiary/aromatic N) is 2. The number of aromatic nitrogens is 1. The van der Waals surface area contributed by atoms with Crippen LogP contribution in [0, 0.1) is 0 Å². The van der Waals surface area contributed by atoms with Crippen LogP contribution in [0.25, 0.3) is 0 Å². The molecule has 0 atom stereocenters. The Bertz CT molecular complexity index is 405. The van der Waals surface area contributed by atoms with E-state index in [0.717, 1.165) is 0 Å². The van der Waals surface area contributed by atoms with Gasteiger partial charge in [-0.15, -0.1) is 13.2 Å². The molecule has 0 aliphatic rings. The molecule has 0 aliphatic carbocycles. The van der Waals surface area contributed by atoms with E-state index in [1.54, 1.807) is 35.4 Å². The molecule has 0 unspecified atom stereocenters. The van der Waals surface area contributed by atoms with Gasteiger partial charge in [-0.25, -0.2) is 0 Å². The summed E-state index contributed by atoms with van der Waals surface area (Å²) in [5, 5.41) is 0. The van der Waals surface area contributed by atoms with Gasteiger partial charge in [0, 0.05) is 31.4 Å². The fourth-order valence-electron chi connectivity index (χ4n) is 1.46. The number of carbonyl (C=O) groups is 1. The number of hydrogen-bond acceptors (Lipinski definition) is 3. The van der Waals surface area contributed by atoms with Crippen molar-refractivity contribution in [3.8, 4) is 0 Å². The van der Waals surface area contributed by atoms with Crippen LogP contribution in [-0.4, -0.2) is 28.9 Å². The second-order valence-electron chi connectivity index (χ2n) is 3.53. The summed E-state index contributed by atoms with van der Waals surface area (Å²) in [6.45, 7) is 8.57. The number of carbonyl (C=O) groups excluding carboxylic acids is 1. The Morgan fingerprint density at radius 1 is 1.41 bits per heavy atom. The van der Waals surface area contributed by atoms with Crippen molar-refractivity contribution in [3.05, 3.63) is 54.9 Å². The van der Waals surface area contributed by atoms with Crippen LogP contribution < -0.4 is 5.73 Å². The molecule has 1 aromatic rings. The highest BCUT2D eigenvalue weighted by molar-refractivity contribution is 5.94. The van der Waals surface area contributed by atoms with Crippen molar-refractivity contribution in [2.24, 2.45) is 5.73 Å². The van der Waals surface area contributed by atoms with Crippen LogP contribution >= 0.6 is 0 Å².